The molecule has 0 radical (unpaired) electrons. The predicted molar refractivity (Wildman–Crippen MR) is 98.9 cm³/mol. The van der Waals surface area contributed by atoms with Gasteiger partial charge >= 0.3 is 0 Å². The van der Waals surface area contributed by atoms with Crippen LogP contribution in [0.2, 0.25) is 0 Å². The van der Waals surface area contributed by atoms with E-state index in [0.29, 0.717) is 12.5 Å². The maximum absolute atomic E-state index is 5.95. The normalized spacial score (nSPS) is 11.5. The molecule has 0 bridgehead atoms. The first-order valence-corrected chi connectivity index (χ1v) is 7.95. The van der Waals surface area contributed by atoms with Crippen LogP contribution in [0.3, 0.4) is 0 Å². The maximum atomic E-state index is 5.95. The van der Waals surface area contributed by atoms with Crippen molar-refractivity contribution in [2.75, 3.05) is 12.4 Å². The zero-order chi connectivity index (χ0) is 17.5. The maximum Gasteiger partial charge on any atom is 0.193 e. The second-order valence-corrected chi connectivity index (χ2v) is 5.82. The fourth-order valence-corrected chi connectivity index (χ4v) is 2.29. The standard InChI is InChI=1S/C19H25N3O2/c1-13(2)24-17-8-6-16(7-9-17)22-19(20)21-12-15-5-10-18(23-4)14(3)11-15/h5-11,13H,12H2,1-4H3,(H3,20,21,22). The molecule has 0 aliphatic heterocycles. The molecule has 0 aromatic heterocycles. The van der Waals surface area contributed by atoms with E-state index in [9.17, 15) is 0 Å². The summed E-state index contributed by atoms with van der Waals surface area (Å²) in [5.74, 6) is 2.08. The molecule has 128 valence electrons. The number of guanidine groups is 1. The monoisotopic (exact) mass is 327 g/mol. The lowest BCUT2D eigenvalue weighted by Crippen LogP contribution is -2.22. The molecule has 0 atom stereocenters. The average Bonchev–Trinajstić information content (AvgIpc) is 2.54. The number of hydrogen-bond acceptors (Lipinski definition) is 3. The van der Waals surface area contributed by atoms with Gasteiger partial charge in [-0.2, -0.15) is 0 Å². The second kappa shape index (κ2) is 8.24. The van der Waals surface area contributed by atoms with Crippen LogP contribution in [0.1, 0.15) is 25.0 Å². The molecule has 0 unspecified atom stereocenters. The molecule has 5 nitrogen and oxygen atoms in total. The van der Waals surface area contributed by atoms with Gasteiger partial charge in [0.15, 0.2) is 5.96 Å². The van der Waals surface area contributed by atoms with E-state index < -0.39 is 0 Å². The number of nitrogens with two attached hydrogens (primary N) is 1. The number of ether oxygens (including phenoxy) is 2. The average molecular weight is 327 g/mol. The van der Waals surface area contributed by atoms with Crippen LogP contribution in [-0.4, -0.2) is 19.2 Å². The molecule has 0 saturated carbocycles. The first-order chi connectivity index (χ1) is 11.5. The van der Waals surface area contributed by atoms with E-state index in [1.165, 1.54) is 0 Å². The molecule has 2 aromatic carbocycles. The predicted octanol–water partition coefficient (Wildman–Crippen LogP) is 3.72. The van der Waals surface area contributed by atoms with Gasteiger partial charge in [-0.3, -0.25) is 0 Å². The summed E-state index contributed by atoms with van der Waals surface area (Å²) in [6.45, 7) is 6.52. The van der Waals surface area contributed by atoms with Crippen molar-refractivity contribution in [3.63, 3.8) is 0 Å². The lowest BCUT2D eigenvalue weighted by Gasteiger charge is -2.11. The van der Waals surface area contributed by atoms with Crippen LogP contribution in [-0.2, 0) is 6.54 Å². The van der Waals surface area contributed by atoms with Gasteiger partial charge in [-0.05, 0) is 62.2 Å². The van der Waals surface area contributed by atoms with Crippen molar-refractivity contribution in [3.05, 3.63) is 53.6 Å². The number of benzene rings is 2. The quantitative estimate of drug-likeness (QED) is 0.627. The number of methoxy groups -OCH3 is 1. The van der Waals surface area contributed by atoms with Gasteiger partial charge in [0.25, 0.3) is 0 Å². The van der Waals surface area contributed by atoms with Crippen LogP contribution in [0.25, 0.3) is 0 Å². The van der Waals surface area contributed by atoms with Crippen LogP contribution in [0, 0.1) is 6.92 Å². The van der Waals surface area contributed by atoms with Gasteiger partial charge in [0.2, 0.25) is 0 Å². The van der Waals surface area contributed by atoms with Gasteiger partial charge in [-0.15, -0.1) is 0 Å². The number of aryl methyl sites for hydroxylation is 1. The van der Waals surface area contributed by atoms with Crippen molar-refractivity contribution in [1.29, 1.82) is 0 Å². The number of rotatable bonds is 6. The molecule has 0 aliphatic carbocycles. The van der Waals surface area contributed by atoms with Crippen LogP contribution in [0.5, 0.6) is 11.5 Å². The number of anilines is 1. The Hall–Kier alpha value is -2.69. The van der Waals surface area contributed by atoms with Crippen molar-refractivity contribution in [2.45, 2.75) is 33.4 Å². The molecule has 3 N–H and O–H groups in total. The lowest BCUT2D eigenvalue weighted by molar-refractivity contribution is 0.242. The van der Waals surface area contributed by atoms with E-state index in [2.05, 4.69) is 10.3 Å². The highest BCUT2D eigenvalue weighted by atomic mass is 16.5. The smallest absolute Gasteiger partial charge is 0.193 e. The molecule has 2 rings (SSSR count). The molecule has 5 heteroatoms. The largest absolute Gasteiger partial charge is 0.496 e. The minimum Gasteiger partial charge on any atom is -0.496 e. The van der Waals surface area contributed by atoms with Crippen LogP contribution < -0.4 is 20.5 Å². The minimum atomic E-state index is 0.156. The Morgan fingerprint density at radius 1 is 1.17 bits per heavy atom. The van der Waals surface area contributed by atoms with E-state index in [-0.39, 0.29) is 6.10 Å². The SMILES string of the molecule is COc1ccc(CN=C(N)Nc2ccc(OC(C)C)cc2)cc1C. The van der Waals surface area contributed by atoms with Crippen LogP contribution >= 0.6 is 0 Å². The molecule has 2 aromatic rings. The zero-order valence-electron chi connectivity index (χ0n) is 14.7. The Bertz CT molecular complexity index is 694. The molecule has 0 spiro atoms. The molecule has 0 aliphatic rings. The molecule has 0 fully saturated rings. The van der Waals surface area contributed by atoms with Crippen molar-refractivity contribution in [3.8, 4) is 11.5 Å². The summed E-state index contributed by atoms with van der Waals surface area (Å²) in [6.07, 6.45) is 0.156. The van der Waals surface area contributed by atoms with Gasteiger partial charge in [0.1, 0.15) is 11.5 Å². The minimum absolute atomic E-state index is 0.156. The fraction of sp³-hybridized carbons (Fsp3) is 0.316. The Kier molecular flexibility index (Phi) is 6.07. The third-order valence-electron chi connectivity index (χ3n) is 3.39. The summed E-state index contributed by atoms with van der Waals surface area (Å²) in [7, 11) is 1.67. The summed E-state index contributed by atoms with van der Waals surface area (Å²) in [6, 6.07) is 13.6. The topological polar surface area (TPSA) is 68.9 Å². The fourth-order valence-electron chi connectivity index (χ4n) is 2.29. The van der Waals surface area contributed by atoms with Gasteiger partial charge in [-0.1, -0.05) is 12.1 Å². The number of nitrogens with one attached hydrogen (secondary N) is 1. The number of aliphatic imine (C=N–C) groups is 1. The molecular weight excluding hydrogens is 302 g/mol. The molecule has 24 heavy (non-hydrogen) atoms. The van der Waals surface area contributed by atoms with Gasteiger partial charge < -0.3 is 20.5 Å². The Balaban J connectivity index is 1.95. The first kappa shape index (κ1) is 17.7. The summed E-state index contributed by atoms with van der Waals surface area (Å²) >= 11 is 0. The van der Waals surface area contributed by atoms with Crippen molar-refractivity contribution < 1.29 is 9.47 Å². The van der Waals surface area contributed by atoms with Crippen molar-refractivity contribution in [2.24, 2.45) is 10.7 Å². The lowest BCUT2D eigenvalue weighted by atomic mass is 10.1. The highest BCUT2D eigenvalue weighted by Crippen LogP contribution is 2.19. The van der Waals surface area contributed by atoms with E-state index in [1.807, 2.05) is 63.2 Å². The second-order valence-electron chi connectivity index (χ2n) is 5.82. The van der Waals surface area contributed by atoms with Crippen LogP contribution in [0.4, 0.5) is 5.69 Å². The molecule has 0 heterocycles. The summed E-state index contributed by atoms with van der Waals surface area (Å²) in [4.78, 5) is 4.37. The summed E-state index contributed by atoms with van der Waals surface area (Å²) < 4.78 is 10.9. The molecule has 0 amide bonds. The van der Waals surface area contributed by atoms with E-state index >= 15 is 0 Å². The zero-order valence-corrected chi connectivity index (χ0v) is 14.7. The van der Waals surface area contributed by atoms with E-state index in [4.69, 9.17) is 15.2 Å². The van der Waals surface area contributed by atoms with E-state index in [0.717, 1.165) is 28.3 Å². The first-order valence-electron chi connectivity index (χ1n) is 7.95. The highest BCUT2D eigenvalue weighted by Gasteiger charge is 2.01. The van der Waals surface area contributed by atoms with Crippen molar-refractivity contribution in [1.82, 2.24) is 0 Å². The van der Waals surface area contributed by atoms with Crippen LogP contribution in [0.15, 0.2) is 47.5 Å². The molecule has 0 saturated heterocycles. The number of nitrogens with zero attached hydrogens (tertiary/aromatic N) is 1. The third-order valence-corrected chi connectivity index (χ3v) is 3.39. The van der Waals surface area contributed by atoms with Gasteiger partial charge in [0.05, 0.1) is 19.8 Å². The van der Waals surface area contributed by atoms with E-state index in [1.54, 1.807) is 7.11 Å². The van der Waals surface area contributed by atoms with Gasteiger partial charge in [0, 0.05) is 5.69 Å². The Labute approximate surface area is 143 Å². The number of hydrogen-bond donors (Lipinski definition) is 2. The molecular formula is C19H25N3O2. The Morgan fingerprint density at radius 2 is 1.88 bits per heavy atom. The third kappa shape index (κ3) is 5.19. The summed E-state index contributed by atoms with van der Waals surface area (Å²) in [5, 5.41) is 3.08. The van der Waals surface area contributed by atoms with Crippen molar-refractivity contribution >= 4 is 11.6 Å². The summed E-state index contributed by atoms with van der Waals surface area (Å²) in [5.41, 5.74) is 8.99. The Morgan fingerprint density at radius 3 is 2.46 bits per heavy atom. The van der Waals surface area contributed by atoms with Gasteiger partial charge in [-0.25, -0.2) is 4.99 Å². The highest BCUT2D eigenvalue weighted by molar-refractivity contribution is 5.92.